The Morgan fingerprint density at radius 2 is 1.89 bits per heavy atom. The second kappa shape index (κ2) is 5.64. The van der Waals surface area contributed by atoms with E-state index in [1.54, 1.807) is 12.1 Å². The van der Waals surface area contributed by atoms with Gasteiger partial charge in [-0.2, -0.15) is 0 Å². The summed E-state index contributed by atoms with van der Waals surface area (Å²) >= 11 is 0. The van der Waals surface area contributed by atoms with E-state index in [0.717, 1.165) is 18.4 Å². The van der Waals surface area contributed by atoms with Gasteiger partial charge in [0.15, 0.2) is 0 Å². The van der Waals surface area contributed by atoms with Crippen LogP contribution in [0.1, 0.15) is 28.8 Å². The molecule has 0 atom stereocenters. The van der Waals surface area contributed by atoms with Crippen LogP contribution in [-0.2, 0) is 11.3 Å². The average Bonchev–Trinajstić information content (AvgIpc) is 3.13. The highest BCUT2D eigenvalue weighted by atomic mass is 16.2. The molecule has 0 bridgehead atoms. The van der Waals surface area contributed by atoms with Crippen LogP contribution in [0.3, 0.4) is 0 Å². The number of rotatable bonds is 6. The minimum Gasteiger partial charge on any atom is -0.366 e. The molecule has 0 saturated heterocycles. The van der Waals surface area contributed by atoms with Crippen molar-refractivity contribution >= 4 is 11.8 Å². The van der Waals surface area contributed by atoms with Crippen LogP contribution in [0.25, 0.3) is 0 Å². The van der Waals surface area contributed by atoms with Crippen molar-refractivity contribution in [1.29, 1.82) is 0 Å². The quantitative estimate of drug-likeness (QED) is 0.669. The fraction of sp³-hybridized carbons (Fsp3) is 0.385. The summed E-state index contributed by atoms with van der Waals surface area (Å²) in [6.07, 6.45) is 2.20. The number of carbonyl (C=O) groups is 2. The number of primary amides is 1. The van der Waals surface area contributed by atoms with Crippen molar-refractivity contribution in [3.63, 3.8) is 0 Å². The molecule has 1 aromatic rings. The summed E-state index contributed by atoms with van der Waals surface area (Å²) < 4.78 is 0. The SMILES string of the molecule is NC(=O)c1ccc(CNCC(=O)NC2CC2)cc1. The predicted molar refractivity (Wildman–Crippen MR) is 67.8 cm³/mol. The number of hydrogen-bond donors (Lipinski definition) is 3. The zero-order chi connectivity index (χ0) is 13.0. The molecule has 2 amide bonds. The summed E-state index contributed by atoms with van der Waals surface area (Å²) in [6.45, 7) is 0.908. The Morgan fingerprint density at radius 3 is 2.44 bits per heavy atom. The molecule has 96 valence electrons. The van der Waals surface area contributed by atoms with Crippen molar-refractivity contribution in [3.05, 3.63) is 35.4 Å². The van der Waals surface area contributed by atoms with Crippen molar-refractivity contribution in [3.8, 4) is 0 Å². The van der Waals surface area contributed by atoms with Gasteiger partial charge in [-0.3, -0.25) is 9.59 Å². The summed E-state index contributed by atoms with van der Waals surface area (Å²) in [4.78, 5) is 22.3. The molecule has 0 heterocycles. The third-order valence-electron chi connectivity index (χ3n) is 2.80. The highest BCUT2D eigenvalue weighted by Crippen LogP contribution is 2.18. The smallest absolute Gasteiger partial charge is 0.248 e. The van der Waals surface area contributed by atoms with Crippen molar-refractivity contribution in [1.82, 2.24) is 10.6 Å². The monoisotopic (exact) mass is 247 g/mol. The number of carbonyl (C=O) groups excluding carboxylic acids is 2. The number of nitrogens with one attached hydrogen (secondary N) is 2. The molecule has 1 aromatic carbocycles. The largest absolute Gasteiger partial charge is 0.366 e. The maximum atomic E-state index is 11.4. The number of amides is 2. The summed E-state index contributed by atoms with van der Waals surface area (Å²) in [6, 6.07) is 7.42. The van der Waals surface area contributed by atoms with Crippen LogP contribution in [-0.4, -0.2) is 24.4 Å². The Labute approximate surface area is 106 Å². The van der Waals surface area contributed by atoms with Gasteiger partial charge in [0.2, 0.25) is 11.8 Å². The van der Waals surface area contributed by atoms with Gasteiger partial charge in [-0.15, -0.1) is 0 Å². The third kappa shape index (κ3) is 3.85. The second-order valence-corrected chi connectivity index (χ2v) is 4.51. The van der Waals surface area contributed by atoms with Crippen molar-refractivity contribution in [2.75, 3.05) is 6.54 Å². The minimum atomic E-state index is -0.432. The molecular formula is C13H17N3O2. The second-order valence-electron chi connectivity index (χ2n) is 4.51. The highest BCUT2D eigenvalue weighted by molar-refractivity contribution is 5.92. The molecule has 5 heteroatoms. The van der Waals surface area contributed by atoms with E-state index in [-0.39, 0.29) is 5.91 Å². The first-order chi connectivity index (χ1) is 8.65. The van der Waals surface area contributed by atoms with E-state index in [0.29, 0.717) is 24.7 Å². The van der Waals surface area contributed by atoms with Gasteiger partial charge >= 0.3 is 0 Å². The lowest BCUT2D eigenvalue weighted by Gasteiger charge is -2.06. The Hall–Kier alpha value is -1.88. The number of benzene rings is 1. The van der Waals surface area contributed by atoms with E-state index in [2.05, 4.69) is 10.6 Å². The summed E-state index contributed by atoms with van der Waals surface area (Å²) in [5.41, 5.74) is 6.65. The van der Waals surface area contributed by atoms with Crippen LogP contribution < -0.4 is 16.4 Å². The molecule has 1 fully saturated rings. The van der Waals surface area contributed by atoms with Gasteiger partial charge in [0.25, 0.3) is 0 Å². The molecule has 2 rings (SSSR count). The molecule has 0 aromatic heterocycles. The average molecular weight is 247 g/mol. The van der Waals surface area contributed by atoms with Crippen molar-refractivity contribution < 1.29 is 9.59 Å². The first-order valence-corrected chi connectivity index (χ1v) is 6.04. The van der Waals surface area contributed by atoms with E-state index in [9.17, 15) is 9.59 Å². The zero-order valence-electron chi connectivity index (χ0n) is 10.1. The van der Waals surface area contributed by atoms with Crippen molar-refractivity contribution in [2.45, 2.75) is 25.4 Å². The van der Waals surface area contributed by atoms with Crippen LogP contribution in [0.2, 0.25) is 0 Å². The highest BCUT2D eigenvalue weighted by Gasteiger charge is 2.22. The maximum Gasteiger partial charge on any atom is 0.248 e. The fourth-order valence-corrected chi connectivity index (χ4v) is 1.61. The van der Waals surface area contributed by atoms with E-state index in [4.69, 9.17) is 5.73 Å². The van der Waals surface area contributed by atoms with Crippen LogP contribution in [0, 0.1) is 0 Å². The van der Waals surface area contributed by atoms with Crippen LogP contribution in [0.4, 0.5) is 0 Å². The third-order valence-corrected chi connectivity index (χ3v) is 2.80. The molecule has 0 spiro atoms. The summed E-state index contributed by atoms with van der Waals surface area (Å²) in [5.74, 6) is -0.399. The normalized spacial score (nSPS) is 14.2. The molecule has 1 aliphatic rings. The Morgan fingerprint density at radius 1 is 1.22 bits per heavy atom. The van der Waals surface area contributed by atoms with Crippen LogP contribution >= 0.6 is 0 Å². The van der Waals surface area contributed by atoms with Crippen LogP contribution in [0.15, 0.2) is 24.3 Å². The van der Waals surface area contributed by atoms with Gasteiger partial charge < -0.3 is 16.4 Å². The van der Waals surface area contributed by atoms with Crippen molar-refractivity contribution in [2.24, 2.45) is 5.73 Å². The van der Waals surface area contributed by atoms with E-state index < -0.39 is 5.91 Å². The van der Waals surface area contributed by atoms with Gasteiger partial charge in [-0.1, -0.05) is 12.1 Å². The van der Waals surface area contributed by atoms with Crippen LogP contribution in [0.5, 0.6) is 0 Å². The molecule has 1 aliphatic carbocycles. The zero-order valence-corrected chi connectivity index (χ0v) is 10.1. The van der Waals surface area contributed by atoms with Gasteiger partial charge in [0, 0.05) is 18.2 Å². The lowest BCUT2D eigenvalue weighted by atomic mass is 10.1. The standard InChI is InChI=1S/C13H17N3O2/c14-13(18)10-3-1-9(2-4-10)7-15-8-12(17)16-11-5-6-11/h1-4,11,15H,5-8H2,(H2,14,18)(H,16,17). The predicted octanol–water partition coefficient (Wildman–Crippen LogP) is 0.154. The topological polar surface area (TPSA) is 84.2 Å². The fourth-order valence-electron chi connectivity index (χ4n) is 1.61. The van der Waals surface area contributed by atoms with E-state index in [1.807, 2.05) is 12.1 Å². The molecule has 0 radical (unpaired) electrons. The molecular weight excluding hydrogens is 230 g/mol. The van der Waals surface area contributed by atoms with E-state index >= 15 is 0 Å². The summed E-state index contributed by atoms with van der Waals surface area (Å²) in [5, 5.41) is 5.96. The number of nitrogens with two attached hydrogens (primary N) is 1. The molecule has 0 aliphatic heterocycles. The Kier molecular flexibility index (Phi) is 3.94. The molecule has 18 heavy (non-hydrogen) atoms. The first kappa shape index (κ1) is 12.6. The number of hydrogen-bond acceptors (Lipinski definition) is 3. The molecule has 0 unspecified atom stereocenters. The van der Waals surface area contributed by atoms with Gasteiger partial charge in [-0.25, -0.2) is 0 Å². The Bertz CT molecular complexity index is 438. The van der Waals surface area contributed by atoms with Gasteiger partial charge in [0.1, 0.15) is 0 Å². The Balaban J connectivity index is 1.72. The summed E-state index contributed by atoms with van der Waals surface area (Å²) in [7, 11) is 0. The lowest BCUT2D eigenvalue weighted by molar-refractivity contribution is -0.120. The lowest BCUT2D eigenvalue weighted by Crippen LogP contribution is -2.34. The van der Waals surface area contributed by atoms with E-state index in [1.165, 1.54) is 0 Å². The molecule has 4 N–H and O–H groups in total. The molecule has 1 saturated carbocycles. The first-order valence-electron chi connectivity index (χ1n) is 6.04. The minimum absolute atomic E-state index is 0.0336. The van der Waals surface area contributed by atoms with Gasteiger partial charge in [-0.05, 0) is 30.5 Å². The maximum absolute atomic E-state index is 11.4. The van der Waals surface area contributed by atoms with Gasteiger partial charge in [0.05, 0.1) is 6.54 Å². The molecule has 5 nitrogen and oxygen atoms in total.